The zero-order valence-electron chi connectivity index (χ0n) is 14.2. The second-order valence-electron chi connectivity index (χ2n) is 8.50. The van der Waals surface area contributed by atoms with Gasteiger partial charge in [0.1, 0.15) is 0 Å². The molecule has 0 saturated carbocycles. The lowest BCUT2D eigenvalue weighted by Gasteiger charge is -2.42. The first-order valence-electron chi connectivity index (χ1n) is 6.93. The van der Waals surface area contributed by atoms with Gasteiger partial charge < -0.3 is 9.47 Å². The molecule has 0 unspecified atom stereocenters. The van der Waals surface area contributed by atoms with Gasteiger partial charge in [0.2, 0.25) is 0 Å². The molecule has 0 bridgehead atoms. The maximum Gasteiger partial charge on any atom is 0.0661 e. The molecule has 0 spiro atoms. The number of hydrogen-bond acceptors (Lipinski definition) is 2. The SMILES string of the molecule is COC(C)(C)CC(C)(C)OC(C)(C)CC(C)(C)C. The van der Waals surface area contributed by atoms with Gasteiger partial charge in [-0.2, -0.15) is 0 Å². The molecular formula is C16H34O2. The highest BCUT2D eigenvalue weighted by molar-refractivity contribution is 4.86. The molecule has 0 fully saturated rings. The molecular weight excluding hydrogens is 224 g/mol. The monoisotopic (exact) mass is 258 g/mol. The number of hydrogen-bond donors (Lipinski definition) is 0. The molecule has 0 aliphatic heterocycles. The molecule has 0 atom stereocenters. The third kappa shape index (κ3) is 8.10. The molecule has 0 aromatic heterocycles. The van der Waals surface area contributed by atoms with E-state index in [4.69, 9.17) is 9.47 Å². The van der Waals surface area contributed by atoms with Crippen LogP contribution in [0.2, 0.25) is 0 Å². The molecule has 110 valence electrons. The highest BCUT2D eigenvalue weighted by atomic mass is 16.5. The van der Waals surface area contributed by atoms with Crippen molar-refractivity contribution in [3.05, 3.63) is 0 Å². The van der Waals surface area contributed by atoms with E-state index in [-0.39, 0.29) is 22.2 Å². The van der Waals surface area contributed by atoms with E-state index in [0.717, 1.165) is 12.8 Å². The molecule has 0 heterocycles. The van der Waals surface area contributed by atoms with E-state index in [0.29, 0.717) is 0 Å². The van der Waals surface area contributed by atoms with Crippen LogP contribution in [0.3, 0.4) is 0 Å². The van der Waals surface area contributed by atoms with Crippen molar-refractivity contribution in [1.29, 1.82) is 0 Å². The normalized spacial score (nSPS) is 15.0. The zero-order valence-corrected chi connectivity index (χ0v) is 14.2. The van der Waals surface area contributed by atoms with Crippen molar-refractivity contribution in [3.8, 4) is 0 Å². The molecule has 2 heteroatoms. The van der Waals surface area contributed by atoms with E-state index in [1.807, 2.05) is 0 Å². The summed E-state index contributed by atoms with van der Waals surface area (Å²) in [6.45, 7) is 19.6. The van der Waals surface area contributed by atoms with E-state index in [1.165, 1.54) is 0 Å². The largest absolute Gasteiger partial charge is 0.379 e. The lowest BCUT2D eigenvalue weighted by Crippen LogP contribution is -2.43. The quantitative estimate of drug-likeness (QED) is 0.680. The van der Waals surface area contributed by atoms with Crippen LogP contribution in [0, 0.1) is 5.41 Å². The van der Waals surface area contributed by atoms with Crippen molar-refractivity contribution in [2.24, 2.45) is 5.41 Å². The van der Waals surface area contributed by atoms with E-state index in [9.17, 15) is 0 Å². The Balaban J connectivity index is 4.66. The summed E-state index contributed by atoms with van der Waals surface area (Å²) in [7, 11) is 1.76. The second kappa shape index (κ2) is 5.50. The summed E-state index contributed by atoms with van der Waals surface area (Å²) in [6.07, 6.45) is 1.92. The minimum atomic E-state index is -0.186. The number of rotatable bonds is 6. The standard InChI is InChI=1S/C16H34O2/c1-13(2,3)11-15(6,7)18-16(8,9)12-14(4,5)17-10/h11-12H2,1-10H3. The van der Waals surface area contributed by atoms with Gasteiger partial charge in [0.15, 0.2) is 0 Å². The van der Waals surface area contributed by atoms with Gasteiger partial charge in [0.05, 0.1) is 16.8 Å². The van der Waals surface area contributed by atoms with Crippen molar-refractivity contribution in [3.63, 3.8) is 0 Å². The summed E-state index contributed by atoms with van der Waals surface area (Å²) in [5.41, 5.74) is -0.183. The number of ether oxygens (including phenoxy) is 2. The van der Waals surface area contributed by atoms with Crippen molar-refractivity contribution in [2.75, 3.05) is 7.11 Å². The summed E-state index contributed by atoms with van der Waals surface area (Å²) in [6, 6.07) is 0. The Morgan fingerprint density at radius 3 is 1.33 bits per heavy atom. The Hall–Kier alpha value is -0.0800. The summed E-state index contributed by atoms with van der Waals surface area (Å²) < 4.78 is 11.9. The van der Waals surface area contributed by atoms with Gasteiger partial charge in [-0.15, -0.1) is 0 Å². The molecule has 0 amide bonds. The van der Waals surface area contributed by atoms with E-state index in [2.05, 4.69) is 62.3 Å². The molecule has 0 radical (unpaired) electrons. The Morgan fingerprint density at radius 1 is 0.611 bits per heavy atom. The third-order valence-electron chi connectivity index (χ3n) is 2.91. The van der Waals surface area contributed by atoms with Crippen LogP contribution in [0.15, 0.2) is 0 Å². The van der Waals surface area contributed by atoms with Crippen LogP contribution in [-0.2, 0) is 9.47 Å². The van der Waals surface area contributed by atoms with Crippen LogP contribution < -0.4 is 0 Å². The lowest BCUT2D eigenvalue weighted by molar-refractivity contribution is -0.162. The van der Waals surface area contributed by atoms with Gasteiger partial charge in [0, 0.05) is 13.5 Å². The van der Waals surface area contributed by atoms with Gasteiger partial charge in [-0.05, 0) is 53.4 Å². The van der Waals surface area contributed by atoms with Crippen LogP contribution >= 0.6 is 0 Å². The van der Waals surface area contributed by atoms with Crippen LogP contribution in [-0.4, -0.2) is 23.9 Å². The molecule has 0 aromatic rings. The summed E-state index contributed by atoms with van der Waals surface area (Å²) in [4.78, 5) is 0. The van der Waals surface area contributed by atoms with Crippen LogP contribution in [0.4, 0.5) is 0 Å². The summed E-state index contributed by atoms with van der Waals surface area (Å²) in [5, 5.41) is 0. The smallest absolute Gasteiger partial charge is 0.0661 e. The molecule has 2 nitrogen and oxygen atoms in total. The fourth-order valence-corrected chi connectivity index (χ4v) is 3.19. The first-order chi connectivity index (χ1) is 7.68. The maximum absolute atomic E-state index is 6.36. The van der Waals surface area contributed by atoms with Gasteiger partial charge in [-0.1, -0.05) is 20.8 Å². The Bertz CT molecular complexity index is 257. The van der Waals surface area contributed by atoms with Crippen molar-refractivity contribution in [1.82, 2.24) is 0 Å². The molecule has 0 N–H and O–H groups in total. The van der Waals surface area contributed by atoms with Crippen molar-refractivity contribution in [2.45, 2.75) is 92.0 Å². The average molecular weight is 258 g/mol. The highest BCUT2D eigenvalue weighted by Gasteiger charge is 2.36. The van der Waals surface area contributed by atoms with Crippen molar-refractivity contribution < 1.29 is 9.47 Å². The highest BCUT2D eigenvalue weighted by Crippen LogP contribution is 2.35. The Kier molecular flexibility index (Phi) is 5.48. The second-order valence-corrected chi connectivity index (χ2v) is 8.50. The minimum Gasteiger partial charge on any atom is -0.379 e. The zero-order chi connectivity index (χ0) is 14.8. The predicted molar refractivity (Wildman–Crippen MR) is 79.0 cm³/mol. The fraction of sp³-hybridized carbons (Fsp3) is 1.00. The maximum atomic E-state index is 6.36. The minimum absolute atomic E-state index is 0.119. The summed E-state index contributed by atoms with van der Waals surface area (Å²) in [5.74, 6) is 0. The van der Waals surface area contributed by atoms with Gasteiger partial charge in [0.25, 0.3) is 0 Å². The van der Waals surface area contributed by atoms with Crippen LogP contribution in [0.5, 0.6) is 0 Å². The van der Waals surface area contributed by atoms with Crippen LogP contribution in [0.1, 0.15) is 75.2 Å². The van der Waals surface area contributed by atoms with E-state index in [1.54, 1.807) is 7.11 Å². The fourth-order valence-electron chi connectivity index (χ4n) is 3.19. The van der Waals surface area contributed by atoms with Gasteiger partial charge in [-0.3, -0.25) is 0 Å². The molecule has 18 heavy (non-hydrogen) atoms. The van der Waals surface area contributed by atoms with Gasteiger partial charge >= 0.3 is 0 Å². The van der Waals surface area contributed by atoms with Gasteiger partial charge in [-0.25, -0.2) is 0 Å². The lowest BCUT2D eigenvalue weighted by atomic mass is 9.82. The first kappa shape index (κ1) is 17.9. The van der Waals surface area contributed by atoms with E-state index >= 15 is 0 Å². The molecule has 0 saturated heterocycles. The van der Waals surface area contributed by atoms with E-state index < -0.39 is 0 Å². The molecule has 0 aromatic carbocycles. The predicted octanol–water partition coefficient (Wildman–Crippen LogP) is 4.81. The first-order valence-corrected chi connectivity index (χ1v) is 6.93. The molecule has 0 aliphatic rings. The topological polar surface area (TPSA) is 18.5 Å². The number of methoxy groups -OCH3 is 1. The average Bonchev–Trinajstić information content (AvgIpc) is 1.93. The van der Waals surface area contributed by atoms with Crippen molar-refractivity contribution >= 4 is 0 Å². The Labute approximate surface area is 114 Å². The summed E-state index contributed by atoms with van der Waals surface area (Å²) >= 11 is 0. The van der Waals surface area contributed by atoms with Crippen LogP contribution in [0.25, 0.3) is 0 Å². The third-order valence-corrected chi connectivity index (χ3v) is 2.91. The Morgan fingerprint density at radius 2 is 1.00 bits per heavy atom. The molecule has 0 aliphatic carbocycles. The molecule has 0 rings (SSSR count).